The Labute approximate surface area is 90.9 Å². The van der Waals surface area contributed by atoms with Crippen molar-refractivity contribution in [3.8, 4) is 0 Å². The Hall–Kier alpha value is -1.07. The third kappa shape index (κ3) is 10.9. The first-order chi connectivity index (χ1) is 6.95. The van der Waals surface area contributed by atoms with Crippen molar-refractivity contribution in [3.05, 3.63) is 30.3 Å². The van der Waals surface area contributed by atoms with Crippen LogP contribution in [0, 0.1) is 0 Å². The number of benzene rings is 1. The summed E-state index contributed by atoms with van der Waals surface area (Å²) >= 11 is 0. The summed E-state index contributed by atoms with van der Waals surface area (Å²) in [6.45, 7) is 1.87. The van der Waals surface area contributed by atoms with E-state index in [4.69, 9.17) is 10.3 Å². The summed E-state index contributed by atoms with van der Waals surface area (Å²) in [5.41, 5.74) is 6.18. The SMILES string of the molecule is CCCCS(=O)(=O)O.Nc1ccccc1. The summed E-state index contributed by atoms with van der Waals surface area (Å²) in [5.74, 6) is -0.108. The Kier molecular flexibility index (Phi) is 6.73. The summed E-state index contributed by atoms with van der Waals surface area (Å²) in [7, 11) is -3.69. The van der Waals surface area contributed by atoms with Gasteiger partial charge in [0.1, 0.15) is 0 Å². The van der Waals surface area contributed by atoms with Crippen molar-refractivity contribution in [3.63, 3.8) is 0 Å². The maximum Gasteiger partial charge on any atom is 0.264 e. The molecule has 0 amide bonds. The molecule has 0 aliphatic heterocycles. The van der Waals surface area contributed by atoms with Gasteiger partial charge < -0.3 is 5.73 Å². The molecule has 0 saturated carbocycles. The molecule has 0 bridgehead atoms. The zero-order valence-electron chi connectivity index (χ0n) is 8.76. The normalized spacial score (nSPS) is 10.3. The number of anilines is 1. The van der Waals surface area contributed by atoms with E-state index < -0.39 is 10.1 Å². The van der Waals surface area contributed by atoms with E-state index in [9.17, 15) is 8.42 Å². The fourth-order valence-electron chi connectivity index (χ4n) is 0.780. The predicted octanol–water partition coefficient (Wildman–Crippen LogP) is 1.94. The molecule has 1 rings (SSSR count). The van der Waals surface area contributed by atoms with Gasteiger partial charge in [-0.2, -0.15) is 8.42 Å². The standard InChI is InChI=1S/C6H7N.C4H10O3S/c7-6-4-2-1-3-5-6;1-2-3-4-8(5,6)7/h1-5H,7H2;2-4H2,1H3,(H,5,6,7). The highest BCUT2D eigenvalue weighted by atomic mass is 32.2. The molecule has 0 aliphatic rings. The minimum absolute atomic E-state index is 0.108. The van der Waals surface area contributed by atoms with Gasteiger partial charge in [-0.1, -0.05) is 31.5 Å². The van der Waals surface area contributed by atoms with E-state index in [0.29, 0.717) is 6.42 Å². The largest absolute Gasteiger partial charge is 0.399 e. The van der Waals surface area contributed by atoms with Crippen LogP contribution in [-0.4, -0.2) is 18.7 Å². The molecule has 5 heteroatoms. The molecule has 86 valence electrons. The monoisotopic (exact) mass is 231 g/mol. The molecular formula is C10H17NO3S. The van der Waals surface area contributed by atoms with Crippen molar-refractivity contribution < 1.29 is 13.0 Å². The van der Waals surface area contributed by atoms with E-state index in [1.165, 1.54) is 0 Å². The third-order valence-corrected chi connectivity index (χ3v) is 2.36. The molecule has 0 radical (unpaired) electrons. The van der Waals surface area contributed by atoms with E-state index in [1.807, 2.05) is 37.3 Å². The zero-order chi connectivity index (χ0) is 11.7. The maximum atomic E-state index is 9.95. The van der Waals surface area contributed by atoms with Crippen LogP contribution in [0.15, 0.2) is 30.3 Å². The lowest BCUT2D eigenvalue weighted by atomic mass is 10.3. The van der Waals surface area contributed by atoms with Gasteiger partial charge in [-0.05, 0) is 18.6 Å². The van der Waals surface area contributed by atoms with Crippen molar-refractivity contribution in [2.75, 3.05) is 11.5 Å². The van der Waals surface area contributed by atoms with E-state index in [2.05, 4.69) is 0 Å². The summed E-state index contributed by atoms with van der Waals surface area (Å²) in [5, 5.41) is 0. The van der Waals surface area contributed by atoms with Crippen molar-refractivity contribution in [1.82, 2.24) is 0 Å². The Morgan fingerprint density at radius 3 is 2.00 bits per heavy atom. The lowest BCUT2D eigenvalue weighted by Crippen LogP contribution is -2.02. The van der Waals surface area contributed by atoms with Gasteiger partial charge in [0, 0.05) is 5.69 Å². The number of unbranched alkanes of at least 4 members (excludes halogenated alkanes) is 1. The quantitative estimate of drug-likeness (QED) is 0.615. The number of nitrogens with two attached hydrogens (primary N) is 1. The first kappa shape index (κ1) is 13.9. The van der Waals surface area contributed by atoms with Crippen LogP contribution >= 0.6 is 0 Å². The molecule has 15 heavy (non-hydrogen) atoms. The van der Waals surface area contributed by atoms with Crippen LogP contribution in [0.2, 0.25) is 0 Å². The van der Waals surface area contributed by atoms with Gasteiger partial charge in [0.25, 0.3) is 10.1 Å². The molecule has 1 aromatic rings. The molecule has 4 nitrogen and oxygen atoms in total. The second-order valence-electron chi connectivity index (χ2n) is 3.05. The Morgan fingerprint density at radius 1 is 1.27 bits per heavy atom. The maximum absolute atomic E-state index is 9.95. The van der Waals surface area contributed by atoms with Gasteiger partial charge in [-0.15, -0.1) is 0 Å². The van der Waals surface area contributed by atoms with Crippen LogP contribution in [0.3, 0.4) is 0 Å². The van der Waals surface area contributed by atoms with Crippen molar-refractivity contribution in [2.45, 2.75) is 19.8 Å². The van der Waals surface area contributed by atoms with Crippen molar-refractivity contribution >= 4 is 15.8 Å². The molecule has 0 atom stereocenters. The van der Waals surface area contributed by atoms with E-state index in [-0.39, 0.29) is 5.75 Å². The Morgan fingerprint density at radius 2 is 1.80 bits per heavy atom. The minimum atomic E-state index is -3.69. The molecule has 0 aromatic heterocycles. The molecular weight excluding hydrogens is 214 g/mol. The molecule has 0 fully saturated rings. The van der Waals surface area contributed by atoms with E-state index in [0.717, 1.165) is 12.1 Å². The first-order valence-corrected chi connectivity index (χ1v) is 6.32. The predicted molar refractivity (Wildman–Crippen MR) is 62.2 cm³/mol. The van der Waals surface area contributed by atoms with Gasteiger partial charge in [-0.25, -0.2) is 0 Å². The highest BCUT2D eigenvalue weighted by Gasteiger charge is 2.00. The number of nitrogen functional groups attached to an aromatic ring is 1. The molecule has 0 saturated heterocycles. The molecule has 0 aliphatic carbocycles. The molecule has 0 heterocycles. The van der Waals surface area contributed by atoms with Gasteiger partial charge in [0.15, 0.2) is 0 Å². The molecule has 0 spiro atoms. The van der Waals surface area contributed by atoms with Gasteiger partial charge in [0.05, 0.1) is 5.75 Å². The fourth-order valence-corrected chi connectivity index (χ4v) is 1.43. The number of hydrogen-bond acceptors (Lipinski definition) is 3. The average Bonchev–Trinajstić information content (AvgIpc) is 2.16. The lowest BCUT2D eigenvalue weighted by molar-refractivity contribution is 0.480. The van der Waals surface area contributed by atoms with Gasteiger partial charge in [-0.3, -0.25) is 4.55 Å². The summed E-state index contributed by atoms with van der Waals surface area (Å²) in [4.78, 5) is 0. The second-order valence-corrected chi connectivity index (χ2v) is 4.62. The van der Waals surface area contributed by atoms with E-state index >= 15 is 0 Å². The van der Waals surface area contributed by atoms with Crippen LogP contribution in [0.1, 0.15) is 19.8 Å². The Balaban J connectivity index is 0.000000262. The fraction of sp³-hybridized carbons (Fsp3) is 0.400. The smallest absolute Gasteiger partial charge is 0.264 e. The minimum Gasteiger partial charge on any atom is -0.399 e. The molecule has 3 N–H and O–H groups in total. The Bertz CT molecular complexity index is 348. The average molecular weight is 231 g/mol. The van der Waals surface area contributed by atoms with Crippen LogP contribution in [0.4, 0.5) is 5.69 Å². The summed E-state index contributed by atoms with van der Waals surface area (Å²) in [6.07, 6.45) is 1.33. The van der Waals surface area contributed by atoms with Gasteiger partial charge >= 0.3 is 0 Å². The number of hydrogen-bond donors (Lipinski definition) is 2. The summed E-state index contributed by atoms with van der Waals surface area (Å²) < 4.78 is 28.0. The third-order valence-electron chi connectivity index (χ3n) is 1.56. The van der Waals surface area contributed by atoms with Crippen LogP contribution in [0.5, 0.6) is 0 Å². The second kappa shape index (κ2) is 7.25. The van der Waals surface area contributed by atoms with Crippen LogP contribution in [-0.2, 0) is 10.1 Å². The van der Waals surface area contributed by atoms with Crippen LogP contribution in [0.25, 0.3) is 0 Å². The molecule has 1 aromatic carbocycles. The molecule has 0 unspecified atom stereocenters. The lowest BCUT2D eigenvalue weighted by Gasteiger charge is -1.90. The summed E-state index contributed by atoms with van der Waals surface area (Å²) in [6, 6.07) is 9.49. The van der Waals surface area contributed by atoms with Crippen molar-refractivity contribution in [2.24, 2.45) is 0 Å². The van der Waals surface area contributed by atoms with E-state index in [1.54, 1.807) is 0 Å². The van der Waals surface area contributed by atoms with Gasteiger partial charge in [0.2, 0.25) is 0 Å². The van der Waals surface area contributed by atoms with Crippen LogP contribution < -0.4 is 5.73 Å². The zero-order valence-corrected chi connectivity index (χ0v) is 9.57. The first-order valence-electron chi connectivity index (χ1n) is 4.71. The number of para-hydroxylation sites is 1. The number of rotatable bonds is 3. The highest BCUT2D eigenvalue weighted by molar-refractivity contribution is 7.85. The highest BCUT2D eigenvalue weighted by Crippen LogP contribution is 1.95. The topological polar surface area (TPSA) is 80.4 Å². The van der Waals surface area contributed by atoms with Crippen molar-refractivity contribution in [1.29, 1.82) is 0 Å².